The molecule has 0 saturated carbocycles. The third kappa shape index (κ3) is 3.37. The minimum absolute atomic E-state index is 0.252. The average Bonchev–Trinajstić information content (AvgIpc) is 2.75. The second-order valence-electron chi connectivity index (χ2n) is 5.40. The van der Waals surface area contributed by atoms with Crippen LogP contribution in [0.25, 0.3) is 0 Å². The highest BCUT2D eigenvalue weighted by Crippen LogP contribution is 2.22. The predicted molar refractivity (Wildman–Crippen MR) is 79.1 cm³/mol. The number of amides is 1. The molecule has 0 bridgehead atoms. The number of carbonyl (C=O) groups is 1. The van der Waals surface area contributed by atoms with Crippen molar-refractivity contribution in [3.8, 4) is 0 Å². The Morgan fingerprint density at radius 1 is 1.25 bits per heavy atom. The standard InChI is InChI=1S/C14H20N2O3S/c1-10-7-11(2)9-12(8-10)15-14(17)13-5-4-6-16(13)20(3,18)19/h7-9,13H,4-6H2,1-3H3,(H,15,17)/t13-/m0/s1. The fraction of sp³-hybridized carbons (Fsp3) is 0.500. The summed E-state index contributed by atoms with van der Waals surface area (Å²) >= 11 is 0. The van der Waals surface area contributed by atoms with E-state index in [2.05, 4.69) is 5.32 Å². The Labute approximate surface area is 120 Å². The van der Waals surface area contributed by atoms with Gasteiger partial charge in [0.2, 0.25) is 15.9 Å². The third-order valence-corrected chi connectivity index (χ3v) is 4.71. The zero-order valence-corrected chi connectivity index (χ0v) is 12.8. The van der Waals surface area contributed by atoms with Crippen molar-refractivity contribution in [1.82, 2.24) is 4.31 Å². The number of hydrogen-bond acceptors (Lipinski definition) is 3. The second kappa shape index (κ2) is 5.54. The largest absolute Gasteiger partial charge is 0.325 e. The molecule has 0 aromatic heterocycles. The topological polar surface area (TPSA) is 66.5 Å². The number of sulfonamides is 1. The highest BCUT2D eigenvalue weighted by atomic mass is 32.2. The van der Waals surface area contributed by atoms with Crippen molar-refractivity contribution in [1.29, 1.82) is 0 Å². The highest BCUT2D eigenvalue weighted by Gasteiger charge is 2.36. The number of benzene rings is 1. The average molecular weight is 296 g/mol. The van der Waals surface area contributed by atoms with E-state index in [0.717, 1.165) is 23.8 Å². The van der Waals surface area contributed by atoms with E-state index in [-0.39, 0.29) is 5.91 Å². The molecule has 20 heavy (non-hydrogen) atoms. The summed E-state index contributed by atoms with van der Waals surface area (Å²) in [6.07, 6.45) is 2.44. The smallest absolute Gasteiger partial charge is 0.242 e. The maximum Gasteiger partial charge on any atom is 0.242 e. The molecule has 0 aliphatic carbocycles. The van der Waals surface area contributed by atoms with Gasteiger partial charge in [-0.3, -0.25) is 4.79 Å². The van der Waals surface area contributed by atoms with Gasteiger partial charge in [-0.1, -0.05) is 6.07 Å². The van der Waals surface area contributed by atoms with Crippen LogP contribution < -0.4 is 5.32 Å². The maximum absolute atomic E-state index is 12.3. The van der Waals surface area contributed by atoms with E-state index in [0.29, 0.717) is 18.7 Å². The molecule has 110 valence electrons. The van der Waals surface area contributed by atoms with Crippen LogP contribution in [0.5, 0.6) is 0 Å². The van der Waals surface area contributed by atoms with Gasteiger partial charge in [-0.2, -0.15) is 4.31 Å². The predicted octanol–water partition coefficient (Wildman–Crippen LogP) is 1.67. The SMILES string of the molecule is Cc1cc(C)cc(NC(=O)[C@@H]2CCCN2S(C)(=O)=O)c1. The second-order valence-corrected chi connectivity index (χ2v) is 7.33. The molecule has 2 rings (SSSR count). The molecule has 1 amide bonds. The van der Waals surface area contributed by atoms with E-state index in [9.17, 15) is 13.2 Å². The first-order valence-corrected chi connectivity index (χ1v) is 8.48. The van der Waals surface area contributed by atoms with Crippen LogP contribution in [0.15, 0.2) is 18.2 Å². The molecule has 1 saturated heterocycles. The number of anilines is 1. The Bertz CT molecular complexity index is 605. The summed E-state index contributed by atoms with van der Waals surface area (Å²) in [4.78, 5) is 12.3. The Morgan fingerprint density at radius 2 is 1.85 bits per heavy atom. The van der Waals surface area contributed by atoms with Crippen molar-refractivity contribution in [2.75, 3.05) is 18.1 Å². The van der Waals surface area contributed by atoms with Gasteiger partial charge in [0, 0.05) is 12.2 Å². The quantitative estimate of drug-likeness (QED) is 0.922. The Kier molecular flexibility index (Phi) is 4.15. The number of aryl methyl sites for hydroxylation is 2. The molecule has 1 aromatic carbocycles. The summed E-state index contributed by atoms with van der Waals surface area (Å²) in [6, 6.07) is 5.19. The zero-order chi connectivity index (χ0) is 14.9. The normalized spacial score (nSPS) is 20.1. The number of nitrogens with one attached hydrogen (secondary N) is 1. The summed E-state index contributed by atoms with van der Waals surface area (Å²) in [5, 5.41) is 2.82. The van der Waals surface area contributed by atoms with Crippen LogP contribution in [-0.4, -0.2) is 37.5 Å². The van der Waals surface area contributed by atoms with Gasteiger partial charge in [0.25, 0.3) is 0 Å². The number of hydrogen-bond donors (Lipinski definition) is 1. The van der Waals surface area contributed by atoms with Crippen LogP contribution >= 0.6 is 0 Å². The lowest BCUT2D eigenvalue weighted by molar-refractivity contribution is -0.119. The third-order valence-electron chi connectivity index (χ3n) is 3.42. The molecular weight excluding hydrogens is 276 g/mol. The van der Waals surface area contributed by atoms with Crippen LogP contribution in [0.1, 0.15) is 24.0 Å². The van der Waals surface area contributed by atoms with E-state index in [4.69, 9.17) is 0 Å². The first-order valence-electron chi connectivity index (χ1n) is 6.63. The van der Waals surface area contributed by atoms with Gasteiger partial charge in [-0.05, 0) is 49.9 Å². The molecule has 6 heteroatoms. The first-order chi connectivity index (χ1) is 9.27. The van der Waals surface area contributed by atoms with E-state index in [1.54, 1.807) is 0 Å². The van der Waals surface area contributed by atoms with E-state index in [1.807, 2.05) is 32.0 Å². The number of carbonyl (C=O) groups excluding carboxylic acids is 1. The van der Waals surface area contributed by atoms with Crippen molar-refractivity contribution in [3.63, 3.8) is 0 Å². The Balaban J connectivity index is 2.15. The van der Waals surface area contributed by atoms with Gasteiger partial charge < -0.3 is 5.32 Å². The molecular formula is C14H20N2O3S. The lowest BCUT2D eigenvalue weighted by Crippen LogP contribution is -2.42. The molecule has 1 heterocycles. The van der Waals surface area contributed by atoms with Gasteiger partial charge >= 0.3 is 0 Å². The van der Waals surface area contributed by atoms with Crippen molar-refractivity contribution in [2.45, 2.75) is 32.7 Å². The van der Waals surface area contributed by atoms with Gasteiger partial charge in [-0.25, -0.2) is 8.42 Å². The molecule has 1 atom stereocenters. The van der Waals surface area contributed by atoms with Crippen LogP contribution in [0.3, 0.4) is 0 Å². The fourth-order valence-corrected chi connectivity index (χ4v) is 3.80. The summed E-state index contributed by atoms with van der Waals surface area (Å²) in [5.74, 6) is -0.252. The highest BCUT2D eigenvalue weighted by molar-refractivity contribution is 7.88. The molecule has 1 fully saturated rings. The molecule has 1 aromatic rings. The molecule has 1 N–H and O–H groups in total. The van der Waals surface area contributed by atoms with Gasteiger partial charge in [0.05, 0.1) is 6.26 Å². The summed E-state index contributed by atoms with van der Waals surface area (Å²) in [6.45, 7) is 4.34. The minimum atomic E-state index is -3.33. The lowest BCUT2D eigenvalue weighted by atomic mass is 10.1. The van der Waals surface area contributed by atoms with E-state index in [1.165, 1.54) is 4.31 Å². The van der Waals surface area contributed by atoms with Crippen LogP contribution in [0, 0.1) is 13.8 Å². The van der Waals surface area contributed by atoms with Crippen molar-refractivity contribution in [3.05, 3.63) is 29.3 Å². The lowest BCUT2D eigenvalue weighted by Gasteiger charge is -2.21. The van der Waals surface area contributed by atoms with Gasteiger partial charge in [-0.15, -0.1) is 0 Å². The summed E-state index contributed by atoms with van der Waals surface area (Å²) in [7, 11) is -3.33. The Morgan fingerprint density at radius 3 is 2.40 bits per heavy atom. The molecule has 0 unspecified atom stereocenters. The van der Waals surface area contributed by atoms with Crippen LogP contribution in [-0.2, 0) is 14.8 Å². The monoisotopic (exact) mass is 296 g/mol. The first kappa shape index (κ1) is 15.0. The van der Waals surface area contributed by atoms with E-state index < -0.39 is 16.1 Å². The number of rotatable bonds is 3. The fourth-order valence-electron chi connectivity index (χ4n) is 2.67. The van der Waals surface area contributed by atoms with Crippen molar-refractivity contribution >= 4 is 21.6 Å². The molecule has 0 spiro atoms. The molecule has 1 aliphatic rings. The van der Waals surface area contributed by atoms with Crippen LogP contribution in [0.4, 0.5) is 5.69 Å². The van der Waals surface area contributed by atoms with Gasteiger partial charge in [0.1, 0.15) is 6.04 Å². The molecule has 0 radical (unpaired) electrons. The summed E-state index contributed by atoms with van der Waals surface area (Å²) in [5.41, 5.74) is 2.84. The van der Waals surface area contributed by atoms with Crippen LogP contribution in [0.2, 0.25) is 0 Å². The summed E-state index contributed by atoms with van der Waals surface area (Å²) < 4.78 is 24.6. The molecule has 5 nitrogen and oxygen atoms in total. The zero-order valence-electron chi connectivity index (χ0n) is 12.0. The van der Waals surface area contributed by atoms with Crippen molar-refractivity contribution in [2.24, 2.45) is 0 Å². The maximum atomic E-state index is 12.3. The minimum Gasteiger partial charge on any atom is -0.325 e. The number of nitrogens with zero attached hydrogens (tertiary/aromatic N) is 1. The van der Waals surface area contributed by atoms with Gasteiger partial charge in [0.15, 0.2) is 0 Å². The van der Waals surface area contributed by atoms with Crippen molar-refractivity contribution < 1.29 is 13.2 Å². The Hall–Kier alpha value is -1.40. The molecule has 1 aliphatic heterocycles. The van der Waals surface area contributed by atoms with E-state index >= 15 is 0 Å².